The van der Waals surface area contributed by atoms with Crippen LogP contribution in [-0.2, 0) is 7.05 Å². The molecule has 18 heavy (non-hydrogen) atoms. The Hall–Kier alpha value is -1.36. The molecule has 1 amide bonds. The predicted molar refractivity (Wildman–Crippen MR) is 70.7 cm³/mol. The summed E-state index contributed by atoms with van der Waals surface area (Å²) in [5.74, 6) is 0.997. The third-order valence-electron chi connectivity index (χ3n) is 3.60. The zero-order chi connectivity index (χ0) is 13.3. The van der Waals surface area contributed by atoms with E-state index in [9.17, 15) is 4.79 Å². The van der Waals surface area contributed by atoms with E-state index in [2.05, 4.69) is 30.8 Å². The van der Waals surface area contributed by atoms with E-state index < -0.39 is 0 Å². The van der Waals surface area contributed by atoms with Crippen LogP contribution in [0.1, 0.15) is 36.1 Å². The molecule has 1 aromatic heterocycles. The van der Waals surface area contributed by atoms with Crippen molar-refractivity contribution in [1.82, 2.24) is 19.4 Å². The normalized spacial score (nSPS) is 17.5. The number of hydrogen-bond acceptors (Lipinski definition) is 3. The van der Waals surface area contributed by atoms with Crippen LogP contribution in [0, 0.1) is 0 Å². The molecule has 0 aromatic carbocycles. The van der Waals surface area contributed by atoms with Crippen molar-refractivity contribution in [3.63, 3.8) is 0 Å². The molecule has 0 radical (unpaired) electrons. The molecule has 100 valence electrons. The van der Waals surface area contributed by atoms with Crippen molar-refractivity contribution in [2.75, 3.05) is 33.2 Å². The Kier molecular flexibility index (Phi) is 3.71. The van der Waals surface area contributed by atoms with E-state index in [0.29, 0.717) is 11.7 Å². The molecular formula is C13H22N4O. The molecule has 0 saturated carbocycles. The fourth-order valence-corrected chi connectivity index (χ4v) is 2.31. The number of hydrogen-bond donors (Lipinski definition) is 0. The van der Waals surface area contributed by atoms with Crippen LogP contribution in [0.5, 0.6) is 0 Å². The second-order valence-electron chi connectivity index (χ2n) is 5.32. The topological polar surface area (TPSA) is 41.4 Å². The molecule has 0 unspecified atom stereocenters. The van der Waals surface area contributed by atoms with Crippen molar-refractivity contribution in [3.05, 3.63) is 17.7 Å². The van der Waals surface area contributed by atoms with Gasteiger partial charge in [0.25, 0.3) is 5.91 Å². The van der Waals surface area contributed by atoms with Crippen LogP contribution in [0.3, 0.4) is 0 Å². The highest BCUT2D eigenvalue weighted by Gasteiger charge is 2.24. The van der Waals surface area contributed by atoms with Gasteiger partial charge in [-0.2, -0.15) is 0 Å². The zero-order valence-corrected chi connectivity index (χ0v) is 11.7. The lowest BCUT2D eigenvalue weighted by molar-refractivity contribution is 0.0648. The first-order valence-electron chi connectivity index (χ1n) is 6.50. The molecule has 1 fully saturated rings. The summed E-state index contributed by atoms with van der Waals surface area (Å²) in [5.41, 5.74) is 1.10. The number of nitrogens with zero attached hydrogens (tertiary/aromatic N) is 4. The molecule has 5 heteroatoms. The minimum absolute atomic E-state index is 0.0532. The fourth-order valence-electron chi connectivity index (χ4n) is 2.31. The van der Waals surface area contributed by atoms with Crippen molar-refractivity contribution in [1.29, 1.82) is 0 Å². The highest BCUT2D eigenvalue weighted by atomic mass is 16.2. The number of carbonyl (C=O) groups excluding carboxylic acids is 1. The number of rotatable bonds is 2. The molecular weight excluding hydrogens is 228 g/mol. The number of carbonyl (C=O) groups is 1. The quantitative estimate of drug-likeness (QED) is 0.784. The van der Waals surface area contributed by atoms with Crippen molar-refractivity contribution < 1.29 is 4.79 Å². The second-order valence-corrected chi connectivity index (χ2v) is 5.32. The SMILES string of the molecule is CC(C)c1cnc(C(=O)N2CCN(C)CC2)n1C. The van der Waals surface area contributed by atoms with E-state index in [1.54, 1.807) is 0 Å². The van der Waals surface area contributed by atoms with Crippen molar-refractivity contribution in [2.45, 2.75) is 19.8 Å². The third kappa shape index (κ3) is 2.41. The average molecular weight is 250 g/mol. The molecule has 2 heterocycles. The van der Waals surface area contributed by atoms with Gasteiger partial charge in [0.1, 0.15) is 0 Å². The minimum atomic E-state index is 0.0532. The fraction of sp³-hybridized carbons (Fsp3) is 0.692. The average Bonchev–Trinajstić information content (AvgIpc) is 2.71. The van der Waals surface area contributed by atoms with Gasteiger partial charge in [-0.1, -0.05) is 13.8 Å². The summed E-state index contributed by atoms with van der Waals surface area (Å²) in [5, 5.41) is 0. The Morgan fingerprint density at radius 1 is 1.22 bits per heavy atom. The molecule has 0 spiro atoms. The highest BCUT2D eigenvalue weighted by Crippen LogP contribution is 2.16. The Balaban J connectivity index is 2.14. The summed E-state index contributed by atoms with van der Waals surface area (Å²) in [4.78, 5) is 20.8. The highest BCUT2D eigenvalue weighted by molar-refractivity contribution is 5.91. The largest absolute Gasteiger partial charge is 0.333 e. The van der Waals surface area contributed by atoms with Crippen LogP contribution in [-0.4, -0.2) is 58.5 Å². The molecule has 2 rings (SSSR count). The predicted octanol–water partition coefficient (Wildman–Crippen LogP) is 0.931. The molecule has 0 N–H and O–H groups in total. The van der Waals surface area contributed by atoms with E-state index >= 15 is 0 Å². The molecule has 1 saturated heterocycles. The lowest BCUT2D eigenvalue weighted by Crippen LogP contribution is -2.47. The van der Waals surface area contributed by atoms with Crippen molar-refractivity contribution in [3.8, 4) is 0 Å². The molecule has 0 bridgehead atoms. The standard InChI is InChI=1S/C13H22N4O/c1-10(2)11-9-14-12(16(11)4)13(18)17-7-5-15(3)6-8-17/h9-10H,5-8H2,1-4H3. The summed E-state index contributed by atoms with van der Waals surface area (Å²) in [6.45, 7) is 7.68. The van der Waals surface area contributed by atoms with Crippen LogP contribution in [0.2, 0.25) is 0 Å². The maximum Gasteiger partial charge on any atom is 0.289 e. The van der Waals surface area contributed by atoms with Crippen molar-refractivity contribution in [2.24, 2.45) is 7.05 Å². The van der Waals surface area contributed by atoms with Gasteiger partial charge in [-0.05, 0) is 13.0 Å². The molecule has 0 atom stereocenters. The third-order valence-corrected chi connectivity index (χ3v) is 3.60. The number of imidazole rings is 1. The Bertz CT molecular complexity index is 430. The Morgan fingerprint density at radius 2 is 1.83 bits per heavy atom. The summed E-state index contributed by atoms with van der Waals surface area (Å²) >= 11 is 0. The number of aromatic nitrogens is 2. The van der Waals surface area contributed by atoms with Gasteiger partial charge in [-0.15, -0.1) is 0 Å². The van der Waals surface area contributed by atoms with Crippen LogP contribution in [0.25, 0.3) is 0 Å². The smallest absolute Gasteiger partial charge is 0.289 e. The van der Waals surface area contributed by atoms with Crippen molar-refractivity contribution >= 4 is 5.91 Å². The first kappa shape index (κ1) is 13.1. The van der Waals surface area contributed by atoms with Gasteiger partial charge in [-0.3, -0.25) is 4.79 Å². The van der Waals surface area contributed by atoms with Gasteiger partial charge in [-0.25, -0.2) is 4.98 Å². The van der Waals surface area contributed by atoms with Gasteiger partial charge in [0, 0.05) is 45.1 Å². The van der Waals surface area contributed by atoms with E-state index in [0.717, 1.165) is 31.9 Å². The lowest BCUT2D eigenvalue weighted by atomic mass is 10.1. The minimum Gasteiger partial charge on any atom is -0.333 e. The summed E-state index contributed by atoms with van der Waals surface area (Å²) in [7, 11) is 4.01. The van der Waals surface area contributed by atoms with E-state index in [-0.39, 0.29) is 5.91 Å². The van der Waals surface area contributed by atoms with Gasteiger partial charge >= 0.3 is 0 Å². The Morgan fingerprint density at radius 3 is 2.33 bits per heavy atom. The van der Waals surface area contributed by atoms with Gasteiger partial charge in [0.15, 0.2) is 5.82 Å². The van der Waals surface area contributed by atoms with E-state index in [4.69, 9.17) is 0 Å². The van der Waals surface area contributed by atoms with Gasteiger partial charge < -0.3 is 14.4 Å². The van der Waals surface area contributed by atoms with Crippen LogP contribution in [0.15, 0.2) is 6.20 Å². The molecule has 1 aliphatic rings. The Labute approximate surface area is 108 Å². The maximum atomic E-state index is 12.4. The van der Waals surface area contributed by atoms with Crippen LogP contribution >= 0.6 is 0 Å². The van der Waals surface area contributed by atoms with Gasteiger partial charge in [0.2, 0.25) is 0 Å². The number of piperazine rings is 1. The van der Waals surface area contributed by atoms with Gasteiger partial charge in [0.05, 0.1) is 0 Å². The summed E-state index contributed by atoms with van der Waals surface area (Å²) in [6, 6.07) is 0. The number of likely N-dealkylation sites (N-methyl/N-ethyl adjacent to an activating group) is 1. The van der Waals surface area contributed by atoms with Crippen LogP contribution in [0.4, 0.5) is 0 Å². The first-order valence-corrected chi connectivity index (χ1v) is 6.50. The van der Waals surface area contributed by atoms with Crippen LogP contribution < -0.4 is 0 Å². The first-order chi connectivity index (χ1) is 8.50. The zero-order valence-electron chi connectivity index (χ0n) is 11.7. The maximum absolute atomic E-state index is 12.4. The number of amides is 1. The molecule has 1 aromatic rings. The lowest BCUT2D eigenvalue weighted by Gasteiger charge is -2.32. The molecule has 5 nitrogen and oxygen atoms in total. The van der Waals surface area contributed by atoms with E-state index in [1.165, 1.54) is 0 Å². The van der Waals surface area contributed by atoms with E-state index in [1.807, 2.05) is 22.7 Å². The second kappa shape index (κ2) is 5.10. The summed E-state index contributed by atoms with van der Waals surface area (Å²) < 4.78 is 1.92. The summed E-state index contributed by atoms with van der Waals surface area (Å²) in [6.07, 6.45) is 1.81. The molecule has 1 aliphatic heterocycles. The molecule has 0 aliphatic carbocycles. The monoisotopic (exact) mass is 250 g/mol.